The molecule has 1 fully saturated rings. The first-order chi connectivity index (χ1) is 13.7. The summed E-state index contributed by atoms with van der Waals surface area (Å²) in [5, 5.41) is 9.17. The molecule has 2 atom stereocenters. The second-order valence-corrected chi connectivity index (χ2v) is 7.56. The van der Waals surface area contributed by atoms with Crippen molar-refractivity contribution >= 4 is 41.9 Å². The fraction of sp³-hybridized carbons (Fsp3) is 0.571. The van der Waals surface area contributed by atoms with E-state index in [2.05, 4.69) is 20.9 Å². The number of amides is 3. The third-order valence-electron chi connectivity index (χ3n) is 5.26. The summed E-state index contributed by atoms with van der Waals surface area (Å²) in [4.78, 5) is 30.2. The number of carbonyl (C=O) groups excluding carboxylic acids is 2. The Kier molecular flexibility index (Phi) is 9.99. The summed E-state index contributed by atoms with van der Waals surface area (Å²) in [6.07, 6.45) is 1.11. The van der Waals surface area contributed by atoms with Crippen molar-refractivity contribution in [3.63, 3.8) is 0 Å². The fourth-order valence-corrected chi connectivity index (χ4v) is 3.10. The number of benzene rings is 1. The molecule has 0 radical (unpaired) electrons. The standard InChI is InChI=1S/C21H32FN5O2.HI/c1-6-21(5)18(28)27(20(29)26-21)12-8-11-24-19(23-7-2)25-15(4)16-10-9-14(3)17(22)13-16;/h9-10,13,15H,6-8,11-12H2,1-5H3,(H,26,29)(H2,23,24,25);1H. The summed E-state index contributed by atoms with van der Waals surface area (Å²) in [5.41, 5.74) is 0.633. The summed E-state index contributed by atoms with van der Waals surface area (Å²) < 4.78 is 13.8. The number of nitrogens with zero attached hydrogens (tertiary/aromatic N) is 2. The van der Waals surface area contributed by atoms with E-state index in [-0.39, 0.29) is 47.8 Å². The van der Waals surface area contributed by atoms with Crippen molar-refractivity contribution in [2.75, 3.05) is 19.6 Å². The minimum absolute atomic E-state index is 0. The molecule has 0 aliphatic carbocycles. The van der Waals surface area contributed by atoms with Gasteiger partial charge < -0.3 is 16.0 Å². The Morgan fingerprint density at radius 3 is 2.60 bits per heavy atom. The molecule has 9 heteroatoms. The van der Waals surface area contributed by atoms with E-state index in [1.54, 1.807) is 19.9 Å². The van der Waals surface area contributed by atoms with Crippen LogP contribution < -0.4 is 16.0 Å². The molecule has 1 heterocycles. The highest BCUT2D eigenvalue weighted by Crippen LogP contribution is 2.21. The molecule has 3 amide bonds. The highest BCUT2D eigenvalue weighted by atomic mass is 127. The van der Waals surface area contributed by atoms with Crippen LogP contribution in [0.15, 0.2) is 23.2 Å². The molecule has 0 spiro atoms. The summed E-state index contributed by atoms with van der Waals surface area (Å²) in [7, 11) is 0. The van der Waals surface area contributed by atoms with Crippen LogP contribution in [-0.2, 0) is 4.79 Å². The minimum Gasteiger partial charge on any atom is -0.357 e. The number of hydrogen-bond acceptors (Lipinski definition) is 3. The molecular weight excluding hydrogens is 500 g/mol. The second kappa shape index (κ2) is 11.5. The molecule has 3 N–H and O–H groups in total. The molecule has 7 nitrogen and oxygen atoms in total. The van der Waals surface area contributed by atoms with Gasteiger partial charge in [0.25, 0.3) is 5.91 Å². The van der Waals surface area contributed by atoms with Crippen LogP contribution in [0, 0.1) is 12.7 Å². The first-order valence-electron chi connectivity index (χ1n) is 10.2. The number of aliphatic imine (C=N–C) groups is 1. The predicted molar refractivity (Wildman–Crippen MR) is 128 cm³/mol. The molecule has 1 aliphatic heterocycles. The number of nitrogens with one attached hydrogen (secondary N) is 3. The molecule has 0 aromatic heterocycles. The van der Waals surface area contributed by atoms with Crippen LogP contribution in [-0.4, -0.2) is 48.0 Å². The van der Waals surface area contributed by atoms with Gasteiger partial charge in [0.2, 0.25) is 0 Å². The smallest absolute Gasteiger partial charge is 0.325 e. The van der Waals surface area contributed by atoms with Gasteiger partial charge in [-0.25, -0.2) is 9.18 Å². The van der Waals surface area contributed by atoms with Crippen molar-refractivity contribution < 1.29 is 14.0 Å². The van der Waals surface area contributed by atoms with Crippen LogP contribution in [0.2, 0.25) is 0 Å². The van der Waals surface area contributed by atoms with Gasteiger partial charge >= 0.3 is 6.03 Å². The van der Waals surface area contributed by atoms with E-state index in [4.69, 9.17) is 0 Å². The largest absolute Gasteiger partial charge is 0.357 e. The Labute approximate surface area is 195 Å². The molecule has 0 bridgehead atoms. The van der Waals surface area contributed by atoms with Gasteiger partial charge in [0.1, 0.15) is 11.4 Å². The number of rotatable bonds is 8. The van der Waals surface area contributed by atoms with E-state index in [0.717, 1.165) is 5.56 Å². The van der Waals surface area contributed by atoms with Crippen molar-refractivity contribution in [3.8, 4) is 0 Å². The maximum Gasteiger partial charge on any atom is 0.325 e. The van der Waals surface area contributed by atoms with Crippen LogP contribution >= 0.6 is 24.0 Å². The lowest BCUT2D eigenvalue weighted by atomic mass is 9.99. The van der Waals surface area contributed by atoms with Gasteiger partial charge in [-0.15, -0.1) is 24.0 Å². The van der Waals surface area contributed by atoms with E-state index in [9.17, 15) is 14.0 Å². The number of carbonyl (C=O) groups is 2. The van der Waals surface area contributed by atoms with Crippen LogP contribution in [0.5, 0.6) is 0 Å². The summed E-state index contributed by atoms with van der Waals surface area (Å²) in [6, 6.07) is 4.71. The van der Waals surface area contributed by atoms with Gasteiger partial charge in [-0.3, -0.25) is 14.7 Å². The number of hydrogen-bond donors (Lipinski definition) is 3. The second-order valence-electron chi connectivity index (χ2n) is 7.56. The third kappa shape index (κ3) is 6.29. The molecule has 1 aliphatic rings. The van der Waals surface area contributed by atoms with Crippen molar-refractivity contribution in [1.82, 2.24) is 20.9 Å². The lowest BCUT2D eigenvalue weighted by Crippen LogP contribution is -2.43. The number of urea groups is 1. The van der Waals surface area contributed by atoms with Crippen LogP contribution in [0.4, 0.5) is 9.18 Å². The van der Waals surface area contributed by atoms with Gasteiger partial charge in [-0.2, -0.15) is 0 Å². The van der Waals surface area contributed by atoms with Gasteiger partial charge in [0, 0.05) is 19.6 Å². The van der Waals surface area contributed by atoms with E-state index in [1.165, 1.54) is 11.0 Å². The molecule has 0 saturated carbocycles. The summed E-state index contributed by atoms with van der Waals surface area (Å²) in [6.45, 7) is 10.7. The van der Waals surface area contributed by atoms with Gasteiger partial charge in [-0.05, 0) is 57.7 Å². The molecule has 2 rings (SSSR count). The monoisotopic (exact) mass is 533 g/mol. The maximum absolute atomic E-state index is 13.8. The average Bonchev–Trinajstić information content (AvgIpc) is 2.90. The average molecular weight is 533 g/mol. The highest BCUT2D eigenvalue weighted by Gasteiger charge is 2.45. The Morgan fingerprint density at radius 1 is 1.33 bits per heavy atom. The first kappa shape index (κ1) is 26.1. The molecule has 1 aromatic rings. The number of guanidine groups is 1. The van der Waals surface area contributed by atoms with Gasteiger partial charge in [0.15, 0.2) is 5.96 Å². The number of aryl methyl sites for hydroxylation is 1. The van der Waals surface area contributed by atoms with Crippen LogP contribution in [0.25, 0.3) is 0 Å². The van der Waals surface area contributed by atoms with Crippen molar-refractivity contribution in [2.24, 2.45) is 4.99 Å². The summed E-state index contributed by atoms with van der Waals surface area (Å²) >= 11 is 0. The van der Waals surface area contributed by atoms with Gasteiger partial charge in [-0.1, -0.05) is 19.1 Å². The molecule has 1 saturated heterocycles. The third-order valence-corrected chi connectivity index (χ3v) is 5.26. The quantitative estimate of drug-likeness (QED) is 0.157. The number of imide groups is 1. The zero-order chi connectivity index (χ0) is 21.6. The fourth-order valence-electron chi connectivity index (χ4n) is 3.10. The topological polar surface area (TPSA) is 85.8 Å². The van der Waals surface area contributed by atoms with E-state index in [0.29, 0.717) is 44.0 Å². The molecule has 168 valence electrons. The zero-order valence-electron chi connectivity index (χ0n) is 18.3. The maximum atomic E-state index is 13.8. The lowest BCUT2D eigenvalue weighted by Gasteiger charge is -2.19. The Morgan fingerprint density at radius 2 is 2.03 bits per heavy atom. The normalized spacial score (nSPS) is 19.9. The molecular formula is C21H33FIN5O2. The minimum atomic E-state index is -0.810. The zero-order valence-corrected chi connectivity index (χ0v) is 20.7. The first-order valence-corrected chi connectivity index (χ1v) is 10.2. The Hall–Kier alpha value is -1.91. The van der Waals surface area contributed by atoms with Gasteiger partial charge in [0.05, 0.1) is 6.04 Å². The highest BCUT2D eigenvalue weighted by molar-refractivity contribution is 14.0. The summed E-state index contributed by atoms with van der Waals surface area (Å²) in [5.74, 6) is 0.191. The predicted octanol–water partition coefficient (Wildman–Crippen LogP) is 3.48. The van der Waals surface area contributed by atoms with Crippen LogP contribution in [0.1, 0.15) is 57.7 Å². The van der Waals surface area contributed by atoms with Crippen molar-refractivity contribution in [3.05, 3.63) is 35.1 Å². The molecule has 1 aromatic carbocycles. The Balaban J connectivity index is 0.00000450. The van der Waals surface area contributed by atoms with E-state index >= 15 is 0 Å². The lowest BCUT2D eigenvalue weighted by molar-refractivity contribution is -0.130. The molecule has 2 unspecified atom stereocenters. The Bertz CT molecular complexity index is 789. The van der Waals surface area contributed by atoms with E-state index in [1.807, 2.05) is 26.8 Å². The SMILES string of the molecule is CCNC(=NCCCN1C(=O)NC(C)(CC)C1=O)NC(C)c1ccc(C)c(F)c1.I. The van der Waals surface area contributed by atoms with Crippen LogP contribution in [0.3, 0.4) is 0 Å². The molecule has 30 heavy (non-hydrogen) atoms. The van der Waals surface area contributed by atoms with Crippen molar-refractivity contribution in [1.29, 1.82) is 0 Å². The van der Waals surface area contributed by atoms with Crippen molar-refractivity contribution in [2.45, 2.75) is 59.0 Å². The van der Waals surface area contributed by atoms with E-state index < -0.39 is 5.54 Å². The number of halogens is 2.